The van der Waals surface area contributed by atoms with E-state index < -0.39 is 12.1 Å². The van der Waals surface area contributed by atoms with Crippen molar-refractivity contribution in [2.24, 2.45) is 11.8 Å². The minimum atomic E-state index is -0.710. The van der Waals surface area contributed by atoms with Gasteiger partial charge in [0, 0.05) is 43.3 Å². The largest absolute Gasteiger partial charge is 0.373 e. The zero-order valence-corrected chi connectivity index (χ0v) is 20.1. The van der Waals surface area contributed by atoms with Gasteiger partial charge in [0.25, 0.3) is 5.91 Å². The highest BCUT2D eigenvalue weighted by Gasteiger charge is 2.35. The van der Waals surface area contributed by atoms with Crippen LogP contribution >= 0.6 is 0 Å². The number of piperazine rings is 1. The van der Waals surface area contributed by atoms with Crippen LogP contribution in [0.15, 0.2) is 24.3 Å². The highest BCUT2D eigenvalue weighted by atomic mass is 16.5. The molecule has 0 aliphatic carbocycles. The van der Waals surface area contributed by atoms with Crippen molar-refractivity contribution >= 4 is 23.3 Å². The normalized spacial score (nSPS) is 22.2. The Morgan fingerprint density at radius 1 is 1.24 bits per heavy atom. The van der Waals surface area contributed by atoms with E-state index in [4.69, 9.17) is 4.74 Å². The van der Waals surface area contributed by atoms with Crippen LogP contribution in [0.5, 0.6) is 0 Å². The standard InChI is InChI=1S/C25H38N4O4/c1-4-6-19-15-33-16-22(30)23(19)28-25(32)21(13-17(2)3)27-24(31)18-7-5-8-20(14-18)29-11-9-26-10-12-29/h5,7-8,14,17,19,21,23,26H,4,6,9-13,15-16H2,1-3H3,(H,27,31)(H,28,32)/t19?,21?,23-/m0/s1. The molecule has 182 valence electrons. The van der Waals surface area contributed by atoms with Gasteiger partial charge in [0.1, 0.15) is 12.6 Å². The maximum absolute atomic E-state index is 13.2. The summed E-state index contributed by atoms with van der Waals surface area (Å²) >= 11 is 0. The van der Waals surface area contributed by atoms with Gasteiger partial charge in [-0.25, -0.2) is 0 Å². The average molecular weight is 459 g/mol. The molecular formula is C25H38N4O4. The molecule has 0 spiro atoms. The van der Waals surface area contributed by atoms with E-state index in [9.17, 15) is 14.4 Å². The summed E-state index contributed by atoms with van der Waals surface area (Å²) in [4.78, 5) is 41.0. The predicted molar refractivity (Wildman–Crippen MR) is 128 cm³/mol. The van der Waals surface area contributed by atoms with Crippen LogP contribution in [0.1, 0.15) is 50.4 Å². The molecule has 1 aromatic rings. The Morgan fingerprint density at radius 3 is 2.70 bits per heavy atom. The summed E-state index contributed by atoms with van der Waals surface area (Å²) in [7, 11) is 0. The SMILES string of the molecule is CCCC1COCC(=O)[C@H]1NC(=O)C(CC(C)C)NC(=O)c1cccc(N2CCNCC2)c1. The van der Waals surface area contributed by atoms with Gasteiger partial charge < -0.3 is 25.6 Å². The number of nitrogens with one attached hydrogen (secondary N) is 3. The first-order chi connectivity index (χ1) is 15.9. The lowest BCUT2D eigenvalue weighted by Gasteiger charge is -2.32. The van der Waals surface area contributed by atoms with Gasteiger partial charge in [-0.1, -0.05) is 33.3 Å². The minimum absolute atomic E-state index is 0.0190. The highest BCUT2D eigenvalue weighted by Crippen LogP contribution is 2.20. The number of ketones is 1. The van der Waals surface area contributed by atoms with E-state index in [-0.39, 0.29) is 36.0 Å². The summed E-state index contributed by atoms with van der Waals surface area (Å²) in [5.41, 5.74) is 1.53. The fraction of sp³-hybridized carbons (Fsp3) is 0.640. The van der Waals surface area contributed by atoms with Crippen molar-refractivity contribution in [2.45, 2.75) is 52.1 Å². The van der Waals surface area contributed by atoms with E-state index >= 15 is 0 Å². The average Bonchev–Trinajstić information content (AvgIpc) is 2.81. The van der Waals surface area contributed by atoms with Gasteiger partial charge >= 0.3 is 0 Å². The van der Waals surface area contributed by atoms with Crippen LogP contribution in [0.3, 0.4) is 0 Å². The van der Waals surface area contributed by atoms with Crippen LogP contribution in [0.4, 0.5) is 5.69 Å². The molecule has 33 heavy (non-hydrogen) atoms. The van der Waals surface area contributed by atoms with Crippen LogP contribution in [0.25, 0.3) is 0 Å². The lowest BCUT2D eigenvalue weighted by atomic mass is 9.90. The van der Waals surface area contributed by atoms with Gasteiger partial charge in [0.05, 0.1) is 12.6 Å². The summed E-state index contributed by atoms with van der Waals surface area (Å²) in [6.07, 6.45) is 2.20. The number of hydrogen-bond acceptors (Lipinski definition) is 6. The predicted octanol–water partition coefficient (Wildman–Crippen LogP) is 1.74. The Hall–Kier alpha value is -2.45. The lowest BCUT2D eigenvalue weighted by Crippen LogP contribution is -2.57. The smallest absolute Gasteiger partial charge is 0.252 e. The molecule has 2 amide bonds. The second-order valence-electron chi connectivity index (χ2n) is 9.46. The summed E-state index contributed by atoms with van der Waals surface area (Å²) in [5, 5.41) is 9.18. The number of amides is 2. The molecule has 0 bridgehead atoms. The Bertz CT molecular complexity index is 820. The number of benzene rings is 1. The molecule has 3 rings (SSSR count). The van der Waals surface area contributed by atoms with E-state index in [1.54, 1.807) is 6.07 Å². The summed E-state index contributed by atoms with van der Waals surface area (Å²) < 4.78 is 5.39. The maximum atomic E-state index is 13.2. The van der Waals surface area contributed by atoms with E-state index in [0.717, 1.165) is 44.7 Å². The van der Waals surface area contributed by atoms with E-state index in [2.05, 4.69) is 20.9 Å². The van der Waals surface area contributed by atoms with Gasteiger partial charge in [-0.2, -0.15) is 0 Å². The number of carbonyl (C=O) groups is 3. The van der Waals surface area contributed by atoms with Gasteiger partial charge in [0.15, 0.2) is 5.78 Å². The number of anilines is 1. The maximum Gasteiger partial charge on any atom is 0.252 e. The molecule has 3 atom stereocenters. The number of carbonyl (C=O) groups excluding carboxylic acids is 3. The zero-order chi connectivity index (χ0) is 23.8. The molecule has 0 saturated carbocycles. The molecule has 2 aliphatic heterocycles. The third-order valence-electron chi connectivity index (χ3n) is 6.27. The Kier molecular flexibility index (Phi) is 9.26. The van der Waals surface area contributed by atoms with Crippen molar-refractivity contribution < 1.29 is 19.1 Å². The molecule has 1 aromatic carbocycles. The van der Waals surface area contributed by atoms with E-state index in [1.165, 1.54) is 0 Å². The molecule has 2 fully saturated rings. The Balaban J connectivity index is 1.70. The quantitative estimate of drug-likeness (QED) is 0.521. The molecule has 2 aliphatic rings. The molecule has 8 heteroatoms. The molecule has 2 unspecified atom stereocenters. The first kappa shape index (κ1) is 25.2. The molecule has 2 heterocycles. The van der Waals surface area contributed by atoms with Crippen LogP contribution in [-0.2, 0) is 14.3 Å². The number of Topliss-reactive ketones (excluding diaryl/α,β-unsaturated/α-hetero) is 1. The molecule has 3 N–H and O–H groups in total. The first-order valence-corrected chi connectivity index (χ1v) is 12.2. The molecule has 0 aromatic heterocycles. The summed E-state index contributed by atoms with van der Waals surface area (Å²) in [6, 6.07) is 6.26. The second-order valence-corrected chi connectivity index (χ2v) is 9.46. The number of hydrogen-bond donors (Lipinski definition) is 3. The van der Waals surface area contributed by atoms with Crippen LogP contribution < -0.4 is 20.9 Å². The Morgan fingerprint density at radius 2 is 2.00 bits per heavy atom. The second kappa shape index (κ2) is 12.1. The monoisotopic (exact) mass is 458 g/mol. The third kappa shape index (κ3) is 7.01. The van der Waals surface area contributed by atoms with Crippen LogP contribution in [-0.4, -0.2) is 69.1 Å². The van der Waals surface area contributed by atoms with Gasteiger partial charge in [-0.15, -0.1) is 0 Å². The van der Waals surface area contributed by atoms with Crippen molar-refractivity contribution in [3.8, 4) is 0 Å². The number of ether oxygens (including phenoxy) is 1. The summed E-state index contributed by atoms with van der Waals surface area (Å²) in [6.45, 7) is 10.2. The lowest BCUT2D eigenvalue weighted by molar-refractivity contribution is -0.138. The van der Waals surface area contributed by atoms with Gasteiger partial charge in [-0.3, -0.25) is 14.4 Å². The third-order valence-corrected chi connectivity index (χ3v) is 6.27. The first-order valence-electron chi connectivity index (χ1n) is 12.2. The number of rotatable bonds is 9. The van der Waals surface area contributed by atoms with Crippen molar-refractivity contribution in [2.75, 3.05) is 44.3 Å². The number of nitrogens with zero attached hydrogens (tertiary/aromatic N) is 1. The fourth-order valence-corrected chi connectivity index (χ4v) is 4.54. The zero-order valence-electron chi connectivity index (χ0n) is 20.1. The van der Waals surface area contributed by atoms with Crippen molar-refractivity contribution in [3.05, 3.63) is 29.8 Å². The van der Waals surface area contributed by atoms with Crippen molar-refractivity contribution in [1.29, 1.82) is 0 Å². The fourth-order valence-electron chi connectivity index (χ4n) is 4.54. The Labute approximate surface area is 196 Å². The van der Waals surface area contributed by atoms with E-state index in [0.29, 0.717) is 18.6 Å². The van der Waals surface area contributed by atoms with Gasteiger partial charge in [-0.05, 0) is 37.0 Å². The highest BCUT2D eigenvalue weighted by molar-refractivity contribution is 5.99. The minimum Gasteiger partial charge on any atom is -0.373 e. The topological polar surface area (TPSA) is 99.8 Å². The van der Waals surface area contributed by atoms with Crippen LogP contribution in [0.2, 0.25) is 0 Å². The van der Waals surface area contributed by atoms with Crippen molar-refractivity contribution in [3.63, 3.8) is 0 Å². The molecular weight excluding hydrogens is 420 g/mol. The van der Waals surface area contributed by atoms with E-state index in [1.807, 2.05) is 39.0 Å². The molecule has 8 nitrogen and oxygen atoms in total. The van der Waals surface area contributed by atoms with Crippen LogP contribution in [0, 0.1) is 11.8 Å². The molecule has 0 radical (unpaired) electrons. The van der Waals surface area contributed by atoms with Crippen molar-refractivity contribution in [1.82, 2.24) is 16.0 Å². The summed E-state index contributed by atoms with van der Waals surface area (Å²) in [5.74, 6) is -0.532. The van der Waals surface area contributed by atoms with Gasteiger partial charge in [0.2, 0.25) is 5.91 Å². The molecule has 2 saturated heterocycles.